The third kappa shape index (κ3) is 8.59. The average Bonchev–Trinajstić information content (AvgIpc) is 2.89. The maximum absolute atomic E-state index is 13.8. The maximum atomic E-state index is 13.8. The average molecular weight is 623 g/mol. The molecule has 11 heteroatoms. The molecule has 3 aromatic rings. The SMILES string of the molecule is CNC(=O)C(Cc1ccccc1)N(Cc1cccc(Br)c1)C(=O)CCCN(c1ccc(F)c(F)c1)S(C)(=O)=O. The molecule has 3 aromatic carbocycles. The Kier molecular flexibility index (Phi) is 10.6. The third-order valence-corrected chi connectivity index (χ3v) is 7.79. The fourth-order valence-corrected chi connectivity index (χ4v) is 5.60. The van der Waals surface area contributed by atoms with Crippen molar-refractivity contribution in [1.82, 2.24) is 10.2 Å². The number of sulfonamides is 1. The number of carbonyl (C=O) groups excluding carboxylic acids is 2. The standard InChI is InChI=1S/C28H30BrF2N3O4S/c1-32-28(36)26(17-20-8-4-3-5-9-20)33(19-21-10-6-11-22(29)16-21)27(35)12-7-15-34(39(2,37)38)23-13-14-24(30)25(31)18-23/h3-6,8-11,13-14,16,18,26H,7,12,15,17,19H2,1-2H3,(H,32,36). The van der Waals surface area contributed by atoms with Gasteiger partial charge in [0.15, 0.2) is 11.6 Å². The second kappa shape index (κ2) is 13.7. The van der Waals surface area contributed by atoms with Crippen LogP contribution in [-0.4, -0.2) is 51.0 Å². The predicted molar refractivity (Wildman–Crippen MR) is 150 cm³/mol. The van der Waals surface area contributed by atoms with Gasteiger partial charge in [0.05, 0.1) is 11.9 Å². The van der Waals surface area contributed by atoms with Crippen molar-refractivity contribution in [3.63, 3.8) is 0 Å². The van der Waals surface area contributed by atoms with Crippen LogP contribution in [0.15, 0.2) is 77.3 Å². The molecule has 0 radical (unpaired) electrons. The highest BCUT2D eigenvalue weighted by atomic mass is 79.9. The van der Waals surface area contributed by atoms with E-state index in [1.807, 2.05) is 54.6 Å². The highest BCUT2D eigenvalue weighted by Gasteiger charge is 2.30. The summed E-state index contributed by atoms with van der Waals surface area (Å²) in [6, 6.07) is 18.7. The highest BCUT2D eigenvalue weighted by Crippen LogP contribution is 2.22. The van der Waals surface area contributed by atoms with E-state index >= 15 is 0 Å². The Hall–Kier alpha value is -3.31. The molecule has 0 bridgehead atoms. The van der Waals surface area contributed by atoms with Gasteiger partial charge in [-0.2, -0.15) is 0 Å². The summed E-state index contributed by atoms with van der Waals surface area (Å²) in [5, 5.41) is 2.65. The summed E-state index contributed by atoms with van der Waals surface area (Å²) < 4.78 is 53.8. The van der Waals surface area contributed by atoms with Crippen LogP contribution in [0.3, 0.4) is 0 Å². The lowest BCUT2D eigenvalue weighted by atomic mass is 10.0. The van der Waals surface area contributed by atoms with E-state index in [9.17, 15) is 26.8 Å². The number of halogens is 3. The van der Waals surface area contributed by atoms with Gasteiger partial charge in [-0.15, -0.1) is 0 Å². The number of anilines is 1. The summed E-state index contributed by atoms with van der Waals surface area (Å²) >= 11 is 3.44. The van der Waals surface area contributed by atoms with E-state index in [0.29, 0.717) is 0 Å². The zero-order valence-corrected chi connectivity index (χ0v) is 24.0. The van der Waals surface area contributed by atoms with E-state index < -0.39 is 27.7 Å². The minimum atomic E-state index is -3.84. The number of amides is 2. The first-order chi connectivity index (χ1) is 18.5. The molecule has 0 saturated carbocycles. The van der Waals surface area contributed by atoms with Crippen LogP contribution in [0.4, 0.5) is 14.5 Å². The molecule has 1 N–H and O–H groups in total. The topological polar surface area (TPSA) is 86.8 Å². The first kappa shape index (κ1) is 30.2. The normalized spacial score (nSPS) is 12.0. The van der Waals surface area contributed by atoms with E-state index in [4.69, 9.17) is 0 Å². The molecular weight excluding hydrogens is 592 g/mol. The van der Waals surface area contributed by atoms with Crippen molar-refractivity contribution in [3.8, 4) is 0 Å². The van der Waals surface area contributed by atoms with Gasteiger partial charge in [0.25, 0.3) is 0 Å². The van der Waals surface area contributed by atoms with Gasteiger partial charge < -0.3 is 10.2 Å². The summed E-state index contributed by atoms with van der Waals surface area (Å²) in [6.07, 6.45) is 1.25. The molecule has 0 saturated heterocycles. The van der Waals surface area contributed by atoms with Crippen LogP contribution >= 0.6 is 15.9 Å². The predicted octanol–water partition coefficient (Wildman–Crippen LogP) is 4.66. The maximum Gasteiger partial charge on any atom is 0.242 e. The summed E-state index contributed by atoms with van der Waals surface area (Å²) in [5.74, 6) is -2.95. The Morgan fingerprint density at radius 1 is 0.949 bits per heavy atom. The zero-order chi connectivity index (χ0) is 28.6. The summed E-state index contributed by atoms with van der Waals surface area (Å²) in [5.41, 5.74) is 1.64. The van der Waals surface area contributed by atoms with Crippen LogP contribution in [0.25, 0.3) is 0 Å². The van der Waals surface area contributed by atoms with Gasteiger partial charge in [-0.1, -0.05) is 58.4 Å². The quantitative estimate of drug-likeness (QED) is 0.319. The lowest BCUT2D eigenvalue weighted by Crippen LogP contribution is -2.49. The van der Waals surface area contributed by atoms with E-state index in [2.05, 4.69) is 21.2 Å². The molecule has 0 spiro atoms. The second-order valence-electron chi connectivity index (χ2n) is 9.01. The molecule has 0 aliphatic heterocycles. The van der Waals surface area contributed by atoms with Crippen molar-refractivity contribution in [2.24, 2.45) is 0 Å². The molecule has 0 heterocycles. The van der Waals surface area contributed by atoms with Gasteiger partial charge in [0, 0.05) is 43.5 Å². The molecule has 0 fully saturated rings. The molecule has 2 amide bonds. The van der Waals surface area contributed by atoms with Crippen molar-refractivity contribution < 1.29 is 26.8 Å². The van der Waals surface area contributed by atoms with Crippen LogP contribution in [0.5, 0.6) is 0 Å². The van der Waals surface area contributed by atoms with E-state index in [1.165, 1.54) is 18.0 Å². The first-order valence-corrected chi connectivity index (χ1v) is 14.9. The summed E-state index contributed by atoms with van der Waals surface area (Å²) in [4.78, 5) is 28.1. The molecule has 1 unspecified atom stereocenters. The number of nitrogens with zero attached hydrogens (tertiary/aromatic N) is 2. The molecule has 0 aromatic heterocycles. The molecule has 1 atom stereocenters. The summed E-state index contributed by atoms with van der Waals surface area (Å²) in [6.45, 7) is 0.0197. The number of nitrogens with one attached hydrogen (secondary N) is 1. The number of hydrogen-bond donors (Lipinski definition) is 1. The smallest absolute Gasteiger partial charge is 0.242 e. The molecule has 7 nitrogen and oxygen atoms in total. The molecular formula is C28H30BrF2N3O4S. The number of hydrogen-bond acceptors (Lipinski definition) is 4. The van der Waals surface area contributed by atoms with Gasteiger partial charge in [0.2, 0.25) is 21.8 Å². The van der Waals surface area contributed by atoms with Crippen LogP contribution in [0, 0.1) is 11.6 Å². The fraction of sp³-hybridized carbons (Fsp3) is 0.286. The number of likely N-dealkylation sites (N-methyl/N-ethyl adjacent to an activating group) is 1. The number of benzene rings is 3. The van der Waals surface area contributed by atoms with Crippen LogP contribution in [0.1, 0.15) is 24.0 Å². The molecule has 208 valence electrons. The minimum absolute atomic E-state index is 0.0397. The van der Waals surface area contributed by atoms with Crippen LogP contribution in [0.2, 0.25) is 0 Å². The van der Waals surface area contributed by atoms with Crippen molar-refractivity contribution in [2.75, 3.05) is 24.2 Å². The minimum Gasteiger partial charge on any atom is -0.357 e. The highest BCUT2D eigenvalue weighted by molar-refractivity contribution is 9.10. The Balaban J connectivity index is 1.85. The van der Waals surface area contributed by atoms with Gasteiger partial charge in [-0.05, 0) is 41.8 Å². The van der Waals surface area contributed by atoms with Gasteiger partial charge in [-0.3, -0.25) is 13.9 Å². The molecule has 39 heavy (non-hydrogen) atoms. The van der Waals surface area contributed by atoms with Crippen molar-refractivity contribution in [2.45, 2.75) is 31.8 Å². The van der Waals surface area contributed by atoms with Crippen LogP contribution in [-0.2, 0) is 32.6 Å². The van der Waals surface area contributed by atoms with E-state index in [-0.39, 0.29) is 49.9 Å². The largest absolute Gasteiger partial charge is 0.357 e. The van der Waals surface area contributed by atoms with Gasteiger partial charge >= 0.3 is 0 Å². The monoisotopic (exact) mass is 621 g/mol. The van der Waals surface area contributed by atoms with E-state index in [0.717, 1.165) is 38.3 Å². The zero-order valence-electron chi connectivity index (χ0n) is 21.6. The number of carbonyl (C=O) groups is 2. The Bertz CT molecular complexity index is 1410. The first-order valence-electron chi connectivity index (χ1n) is 12.2. The Morgan fingerprint density at radius 2 is 1.64 bits per heavy atom. The van der Waals surface area contributed by atoms with Gasteiger partial charge in [-0.25, -0.2) is 17.2 Å². The lowest BCUT2D eigenvalue weighted by Gasteiger charge is -2.31. The lowest BCUT2D eigenvalue weighted by molar-refractivity contribution is -0.141. The molecule has 0 aliphatic rings. The molecule has 0 aliphatic carbocycles. The van der Waals surface area contributed by atoms with E-state index in [1.54, 1.807) is 0 Å². The van der Waals surface area contributed by atoms with Crippen molar-refractivity contribution >= 4 is 43.5 Å². The van der Waals surface area contributed by atoms with Crippen molar-refractivity contribution in [3.05, 3.63) is 100 Å². The Labute approximate surface area is 236 Å². The third-order valence-electron chi connectivity index (χ3n) is 6.10. The second-order valence-corrected chi connectivity index (χ2v) is 11.8. The Morgan fingerprint density at radius 3 is 2.26 bits per heavy atom. The molecule has 3 rings (SSSR count). The number of rotatable bonds is 12. The van der Waals surface area contributed by atoms with Crippen molar-refractivity contribution in [1.29, 1.82) is 0 Å². The van der Waals surface area contributed by atoms with Crippen LogP contribution < -0.4 is 9.62 Å². The fourth-order valence-electron chi connectivity index (χ4n) is 4.20. The summed E-state index contributed by atoms with van der Waals surface area (Å²) in [7, 11) is -2.34. The van der Waals surface area contributed by atoms with Gasteiger partial charge in [0.1, 0.15) is 6.04 Å².